The molecule has 0 radical (unpaired) electrons. The number of nitrogens with one attached hydrogen (secondary N) is 3. The first-order chi connectivity index (χ1) is 24.2. The van der Waals surface area contributed by atoms with Crippen molar-refractivity contribution in [3.8, 4) is 22.3 Å². The molecule has 3 fully saturated rings. The molecule has 0 bridgehead atoms. The van der Waals surface area contributed by atoms with Gasteiger partial charge in [-0.25, -0.2) is 14.3 Å². The van der Waals surface area contributed by atoms with Gasteiger partial charge in [0.1, 0.15) is 17.6 Å². The summed E-state index contributed by atoms with van der Waals surface area (Å²) in [5, 5.41) is 31.2. The second kappa shape index (κ2) is 14.5. The van der Waals surface area contributed by atoms with Crippen molar-refractivity contribution in [2.24, 2.45) is 5.92 Å². The minimum Gasteiger partial charge on any atom is -0.479 e. The predicted molar refractivity (Wildman–Crippen MR) is 191 cm³/mol. The number of amides is 4. The van der Waals surface area contributed by atoms with Crippen molar-refractivity contribution < 1.29 is 24.3 Å². The van der Waals surface area contributed by atoms with E-state index in [1.165, 1.54) is 32.3 Å². The van der Waals surface area contributed by atoms with Crippen LogP contribution in [0.4, 0.5) is 4.79 Å². The number of aliphatic carboxylic acids is 1. The van der Waals surface area contributed by atoms with Gasteiger partial charge >= 0.3 is 12.0 Å². The van der Waals surface area contributed by atoms with E-state index < -0.39 is 47.5 Å². The van der Waals surface area contributed by atoms with Crippen LogP contribution in [0.1, 0.15) is 76.7 Å². The third-order valence-corrected chi connectivity index (χ3v) is 12.0. The van der Waals surface area contributed by atoms with E-state index in [4.69, 9.17) is 0 Å². The summed E-state index contributed by atoms with van der Waals surface area (Å²) >= 11 is 3.00. The van der Waals surface area contributed by atoms with Crippen molar-refractivity contribution in [1.82, 2.24) is 30.6 Å². The summed E-state index contributed by atoms with van der Waals surface area (Å²) in [5.74, 6) is -2.50. The van der Waals surface area contributed by atoms with Gasteiger partial charge in [-0.15, -0.1) is 0 Å². The van der Waals surface area contributed by atoms with E-state index in [1.54, 1.807) is 6.20 Å². The lowest BCUT2D eigenvalue weighted by Crippen LogP contribution is -2.57. The number of fused-ring (bicyclic) bond motifs is 2. The first-order valence-corrected chi connectivity index (χ1v) is 19.4. The Kier molecular flexibility index (Phi) is 9.91. The van der Waals surface area contributed by atoms with Crippen LogP contribution in [-0.2, 0) is 14.4 Å². The normalized spacial score (nSPS) is 28.1. The number of carboxylic acids is 1. The van der Waals surface area contributed by atoms with Crippen LogP contribution in [0, 0.1) is 5.92 Å². The number of carboxylic acid groups (broad SMARTS) is 1. The zero-order valence-corrected chi connectivity index (χ0v) is 29.3. The molecule has 4 aliphatic rings. The minimum atomic E-state index is -1.46. The van der Waals surface area contributed by atoms with Crippen LogP contribution in [0.25, 0.3) is 22.3 Å². The number of aromatic nitrogens is 2. The summed E-state index contributed by atoms with van der Waals surface area (Å²) in [5.41, 5.74) is 1.02. The lowest BCUT2D eigenvalue weighted by molar-refractivity contribution is -0.145. The van der Waals surface area contributed by atoms with Crippen molar-refractivity contribution >= 4 is 46.5 Å². The van der Waals surface area contributed by atoms with E-state index in [0.717, 1.165) is 56.1 Å². The molecule has 2 saturated carbocycles. The lowest BCUT2D eigenvalue weighted by atomic mass is 10.0. The minimum absolute atomic E-state index is 0.00344. The molecule has 50 heavy (non-hydrogen) atoms. The molecule has 0 unspecified atom stereocenters. The van der Waals surface area contributed by atoms with E-state index >= 15 is 0 Å². The van der Waals surface area contributed by atoms with Gasteiger partial charge in [0.15, 0.2) is 0 Å². The highest BCUT2D eigenvalue weighted by molar-refractivity contribution is 7.08. The summed E-state index contributed by atoms with van der Waals surface area (Å²) in [6.45, 7) is -0.00344. The highest BCUT2D eigenvalue weighted by Gasteiger charge is 2.61. The van der Waals surface area contributed by atoms with Gasteiger partial charge in [0.2, 0.25) is 11.8 Å². The highest BCUT2D eigenvalue weighted by atomic mass is 32.1. The Hall–Kier alpha value is -4.30. The van der Waals surface area contributed by atoms with Crippen LogP contribution in [-0.4, -0.2) is 73.8 Å². The number of rotatable bonds is 6. The maximum atomic E-state index is 14.5. The van der Waals surface area contributed by atoms with Gasteiger partial charge in [-0.2, -0.15) is 27.8 Å². The molecule has 2 aliphatic heterocycles. The maximum absolute atomic E-state index is 14.5. The quantitative estimate of drug-likeness (QED) is 0.263. The molecule has 1 saturated heterocycles. The molecular formula is C36H42N6O6S2. The Bertz CT molecular complexity index is 1820. The Morgan fingerprint density at radius 3 is 2.42 bits per heavy atom. The molecule has 4 amide bonds. The van der Waals surface area contributed by atoms with Crippen molar-refractivity contribution in [2.75, 3.05) is 6.54 Å². The Morgan fingerprint density at radius 1 is 0.960 bits per heavy atom. The van der Waals surface area contributed by atoms with Crippen molar-refractivity contribution in [1.29, 1.82) is 0 Å². The van der Waals surface area contributed by atoms with Crippen LogP contribution in [0.15, 0.2) is 56.8 Å². The van der Waals surface area contributed by atoms with Gasteiger partial charge in [0, 0.05) is 30.5 Å². The molecule has 14 heteroatoms. The van der Waals surface area contributed by atoms with Crippen LogP contribution in [0.5, 0.6) is 0 Å². The van der Waals surface area contributed by atoms with Gasteiger partial charge in [0.05, 0.1) is 17.8 Å². The molecule has 12 nitrogen and oxygen atoms in total. The Balaban J connectivity index is 1.23. The smallest absolute Gasteiger partial charge is 0.330 e. The summed E-state index contributed by atoms with van der Waals surface area (Å²) in [6.07, 6.45) is 13.2. The van der Waals surface area contributed by atoms with Gasteiger partial charge < -0.3 is 26.0 Å². The standard InChI is InChI=1S/C36H42N6O6S2/c43-31-29-16-26(42-33(45)30(23-13-15-50-21-23)27(18-37-42)22-12-14-49-20-22)19-41(29)32(44)28(39-35(48)38-25-9-6-7-10-25)11-5-3-1-2-4-8-24-17-36(24,40-31)34(46)47/h4,8,12-15,18,20-21,24-26,28-29H,1-3,5-7,9-11,16-17,19H2,(H,40,43)(H,46,47)(H2,38,39,48)/b8-4-/t24-,26+,28+,29+,36-/m1/s1. The van der Waals surface area contributed by atoms with Crippen LogP contribution in [0.2, 0.25) is 0 Å². The van der Waals surface area contributed by atoms with Gasteiger partial charge in [-0.3, -0.25) is 14.4 Å². The Morgan fingerprint density at radius 2 is 1.70 bits per heavy atom. The molecule has 0 aromatic carbocycles. The maximum Gasteiger partial charge on any atom is 0.330 e. The second-order valence-corrected chi connectivity index (χ2v) is 15.5. The van der Waals surface area contributed by atoms with Gasteiger partial charge in [-0.05, 0) is 83.3 Å². The zero-order valence-electron chi connectivity index (χ0n) is 27.7. The Labute approximate surface area is 298 Å². The second-order valence-electron chi connectivity index (χ2n) is 13.9. The molecule has 5 atom stereocenters. The fourth-order valence-electron chi connectivity index (χ4n) is 7.76. The van der Waals surface area contributed by atoms with Gasteiger partial charge in [-0.1, -0.05) is 37.8 Å². The molecule has 7 rings (SSSR count). The average molecular weight is 719 g/mol. The molecular weight excluding hydrogens is 677 g/mol. The first-order valence-electron chi connectivity index (χ1n) is 17.5. The number of urea groups is 1. The number of hydrogen-bond donors (Lipinski definition) is 4. The van der Waals surface area contributed by atoms with Crippen LogP contribution < -0.4 is 21.5 Å². The zero-order chi connectivity index (χ0) is 34.8. The van der Waals surface area contributed by atoms with E-state index in [-0.39, 0.29) is 36.9 Å². The van der Waals surface area contributed by atoms with Crippen molar-refractivity contribution in [3.63, 3.8) is 0 Å². The highest BCUT2D eigenvalue weighted by Crippen LogP contribution is 2.45. The van der Waals surface area contributed by atoms with Crippen molar-refractivity contribution in [2.45, 2.75) is 100 Å². The first kappa shape index (κ1) is 34.2. The number of carbonyl (C=O) groups is 4. The lowest BCUT2D eigenvalue weighted by Gasteiger charge is -2.30. The van der Waals surface area contributed by atoms with Crippen molar-refractivity contribution in [3.05, 3.63) is 62.4 Å². The number of nitrogens with zero attached hydrogens (tertiary/aromatic N) is 3. The topological polar surface area (TPSA) is 163 Å². The van der Waals surface area contributed by atoms with Gasteiger partial charge in [0.25, 0.3) is 5.56 Å². The average Bonchev–Trinajstić information content (AvgIpc) is 3.77. The number of hydrogen-bond acceptors (Lipinski definition) is 8. The summed E-state index contributed by atoms with van der Waals surface area (Å²) in [6, 6.07) is 0.817. The molecule has 0 spiro atoms. The fraction of sp³-hybridized carbons (Fsp3) is 0.500. The van der Waals surface area contributed by atoms with E-state index in [9.17, 15) is 29.1 Å². The van der Waals surface area contributed by atoms with E-state index in [0.29, 0.717) is 24.0 Å². The van der Waals surface area contributed by atoms with E-state index in [2.05, 4.69) is 21.0 Å². The molecule has 2 aliphatic carbocycles. The third-order valence-electron chi connectivity index (χ3n) is 10.6. The number of thiophene rings is 2. The predicted octanol–water partition coefficient (Wildman–Crippen LogP) is 4.93. The fourth-order valence-corrected chi connectivity index (χ4v) is 9.06. The summed E-state index contributed by atoms with van der Waals surface area (Å²) < 4.78 is 1.36. The number of allylic oxidation sites excluding steroid dienone is 1. The third kappa shape index (κ3) is 6.87. The molecule has 3 aromatic rings. The monoisotopic (exact) mass is 718 g/mol. The van der Waals surface area contributed by atoms with Crippen LogP contribution >= 0.6 is 22.7 Å². The largest absolute Gasteiger partial charge is 0.479 e. The number of carbonyl (C=O) groups excluding carboxylic acids is 3. The van der Waals surface area contributed by atoms with Crippen LogP contribution in [0.3, 0.4) is 0 Å². The SMILES string of the molecule is O=C(NC1CCCC1)N[C@H]1CCCCC/C=C\[C@@H]2C[C@@]2(C(=O)O)NC(=O)[C@@H]2C[C@H](n3ncc(-c4ccsc4)c(-c4ccsc4)c3=O)CN2C1=O. The molecule has 4 N–H and O–H groups in total. The molecule has 264 valence electrons. The molecule has 5 heterocycles. The summed E-state index contributed by atoms with van der Waals surface area (Å²) in [4.78, 5) is 70.0. The summed E-state index contributed by atoms with van der Waals surface area (Å²) in [7, 11) is 0. The van der Waals surface area contributed by atoms with E-state index in [1.807, 2.05) is 45.8 Å². The molecule has 3 aromatic heterocycles.